The van der Waals surface area contributed by atoms with Gasteiger partial charge in [-0.25, -0.2) is 4.98 Å². The maximum absolute atomic E-state index is 5.74. The summed E-state index contributed by atoms with van der Waals surface area (Å²) in [6.45, 7) is 3.05. The predicted octanol–water partition coefficient (Wildman–Crippen LogP) is 3.18. The Morgan fingerprint density at radius 2 is 2.28 bits per heavy atom. The Labute approximate surface area is 111 Å². The van der Waals surface area contributed by atoms with Gasteiger partial charge >= 0.3 is 0 Å². The van der Waals surface area contributed by atoms with E-state index in [1.807, 2.05) is 0 Å². The van der Waals surface area contributed by atoms with E-state index in [0.29, 0.717) is 5.95 Å². The average molecular weight is 262 g/mol. The van der Waals surface area contributed by atoms with E-state index in [1.54, 1.807) is 11.3 Å². The van der Waals surface area contributed by atoms with Crippen molar-refractivity contribution in [2.75, 3.05) is 17.6 Å². The first kappa shape index (κ1) is 11.7. The highest BCUT2D eigenvalue weighted by molar-refractivity contribution is 7.18. The van der Waals surface area contributed by atoms with Crippen molar-refractivity contribution in [3.63, 3.8) is 0 Å². The second-order valence-electron chi connectivity index (χ2n) is 5.02. The van der Waals surface area contributed by atoms with Gasteiger partial charge in [0.15, 0.2) is 0 Å². The number of anilines is 2. The van der Waals surface area contributed by atoms with Crippen LogP contribution in [0.1, 0.15) is 30.6 Å². The molecule has 0 aromatic carbocycles. The fraction of sp³-hybridized carbons (Fsp3) is 0.538. The van der Waals surface area contributed by atoms with Gasteiger partial charge in [-0.2, -0.15) is 4.98 Å². The van der Waals surface area contributed by atoms with Gasteiger partial charge in [0.25, 0.3) is 0 Å². The van der Waals surface area contributed by atoms with Crippen LogP contribution in [0.15, 0.2) is 6.07 Å². The van der Waals surface area contributed by atoms with Crippen molar-refractivity contribution in [2.45, 2.75) is 32.6 Å². The van der Waals surface area contributed by atoms with Crippen molar-refractivity contribution in [1.82, 2.24) is 9.97 Å². The lowest BCUT2D eigenvalue weighted by molar-refractivity contribution is 0.687. The lowest BCUT2D eigenvalue weighted by Gasteiger charge is -2.06. The SMILES string of the molecule is Cc1cc2c(NCCCC3CC3)nc(N)nc2s1. The Bertz CT molecular complexity index is 559. The number of aryl methyl sites for hydroxylation is 1. The third-order valence-corrected chi connectivity index (χ3v) is 4.26. The molecule has 1 aliphatic rings. The van der Waals surface area contributed by atoms with Crippen molar-refractivity contribution in [3.8, 4) is 0 Å². The topological polar surface area (TPSA) is 63.8 Å². The maximum atomic E-state index is 5.74. The van der Waals surface area contributed by atoms with E-state index in [0.717, 1.165) is 28.5 Å². The van der Waals surface area contributed by atoms with Gasteiger partial charge < -0.3 is 11.1 Å². The van der Waals surface area contributed by atoms with E-state index >= 15 is 0 Å². The smallest absolute Gasteiger partial charge is 0.223 e. The van der Waals surface area contributed by atoms with Crippen LogP contribution in [0.25, 0.3) is 10.2 Å². The largest absolute Gasteiger partial charge is 0.369 e. The molecular formula is C13H18N4S. The molecule has 0 bridgehead atoms. The maximum Gasteiger partial charge on any atom is 0.223 e. The molecule has 0 saturated heterocycles. The van der Waals surface area contributed by atoms with Crippen LogP contribution in [0.3, 0.4) is 0 Å². The number of hydrogen-bond donors (Lipinski definition) is 2. The lowest BCUT2D eigenvalue weighted by Crippen LogP contribution is -2.06. The molecule has 2 aromatic heterocycles. The molecule has 1 saturated carbocycles. The minimum atomic E-state index is 0.356. The minimum absolute atomic E-state index is 0.356. The van der Waals surface area contributed by atoms with Gasteiger partial charge in [0.05, 0.1) is 5.39 Å². The summed E-state index contributed by atoms with van der Waals surface area (Å²) < 4.78 is 0. The van der Waals surface area contributed by atoms with Crippen LogP contribution in [0, 0.1) is 12.8 Å². The quantitative estimate of drug-likeness (QED) is 0.812. The minimum Gasteiger partial charge on any atom is -0.369 e. The van der Waals surface area contributed by atoms with E-state index in [4.69, 9.17) is 5.73 Å². The fourth-order valence-electron chi connectivity index (χ4n) is 2.20. The number of aromatic nitrogens is 2. The molecule has 2 heterocycles. The monoisotopic (exact) mass is 262 g/mol. The molecule has 5 heteroatoms. The molecule has 0 atom stereocenters. The number of nitrogens with zero attached hydrogens (tertiary/aromatic N) is 2. The van der Waals surface area contributed by atoms with Gasteiger partial charge in [-0.3, -0.25) is 0 Å². The van der Waals surface area contributed by atoms with E-state index in [-0.39, 0.29) is 0 Å². The van der Waals surface area contributed by atoms with Gasteiger partial charge in [-0.05, 0) is 31.7 Å². The molecule has 0 aliphatic heterocycles. The van der Waals surface area contributed by atoms with Crippen molar-refractivity contribution in [1.29, 1.82) is 0 Å². The van der Waals surface area contributed by atoms with Crippen molar-refractivity contribution in [2.24, 2.45) is 5.92 Å². The Kier molecular flexibility index (Phi) is 3.07. The number of thiophene rings is 1. The van der Waals surface area contributed by atoms with E-state index in [1.165, 1.54) is 30.6 Å². The highest BCUT2D eigenvalue weighted by Gasteiger charge is 2.20. The van der Waals surface area contributed by atoms with Crippen LogP contribution in [0.5, 0.6) is 0 Å². The molecule has 3 N–H and O–H groups in total. The molecule has 1 aliphatic carbocycles. The second kappa shape index (κ2) is 4.72. The van der Waals surface area contributed by atoms with Gasteiger partial charge in [-0.1, -0.05) is 12.8 Å². The van der Waals surface area contributed by atoms with Crippen LogP contribution >= 0.6 is 11.3 Å². The van der Waals surface area contributed by atoms with Crippen LogP contribution in [0.4, 0.5) is 11.8 Å². The number of fused-ring (bicyclic) bond motifs is 1. The highest BCUT2D eigenvalue weighted by Crippen LogP contribution is 2.33. The lowest BCUT2D eigenvalue weighted by atomic mass is 10.2. The van der Waals surface area contributed by atoms with E-state index < -0.39 is 0 Å². The molecule has 0 amide bonds. The average Bonchev–Trinajstić information content (AvgIpc) is 3.06. The number of nitrogens with two attached hydrogens (primary N) is 1. The number of nitrogens with one attached hydrogen (secondary N) is 1. The second-order valence-corrected chi connectivity index (χ2v) is 6.25. The van der Waals surface area contributed by atoms with Gasteiger partial charge in [0, 0.05) is 11.4 Å². The zero-order chi connectivity index (χ0) is 12.5. The summed E-state index contributed by atoms with van der Waals surface area (Å²) in [5.41, 5.74) is 5.74. The van der Waals surface area contributed by atoms with Gasteiger partial charge in [-0.15, -0.1) is 11.3 Å². The molecule has 18 heavy (non-hydrogen) atoms. The first-order chi connectivity index (χ1) is 8.72. The van der Waals surface area contributed by atoms with Crippen LogP contribution in [-0.2, 0) is 0 Å². The Balaban J connectivity index is 1.72. The summed E-state index contributed by atoms with van der Waals surface area (Å²) in [5, 5.41) is 4.50. The fourth-order valence-corrected chi connectivity index (χ4v) is 3.08. The highest BCUT2D eigenvalue weighted by atomic mass is 32.1. The van der Waals surface area contributed by atoms with Crippen LogP contribution < -0.4 is 11.1 Å². The molecule has 0 unspecified atom stereocenters. The molecular weight excluding hydrogens is 244 g/mol. The Hall–Kier alpha value is -1.36. The standard InChI is InChI=1S/C13H18N4S/c1-8-7-10-11(15-6-2-3-9-4-5-9)16-13(14)17-12(10)18-8/h7,9H,2-6H2,1H3,(H3,14,15,16,17). The number of nitrogen functional groups attached to an aromatic ring is 1. The summed E-state index contributed by atoms with van der Waals surface area (Å²) in [7, 11) is 0. The first-order valence-corrected chi connectivity index (χ1v) is 7.31. The third kappa shape index (κ3) is 2.56. The number of rotatable bonds is 5. The Morgan fingerprint density at radius 3 is 3.06 bits per heavy atom. The van der Waals surface area contributed by atoms with Crippen LogP contribution in [-0.4, -0.2) is 16.5 Å². The molecule has 96 valence electrons. The molecule has 1 fully saturated rings. The normalized spacial score (nSPS) is 15.2. The molecule has 4 nitrogen and oxygen atoms in total. The summed E-state index contributed by atoms with van der Waals surface area (Å²) in [4.78, 5) is 10.8. The van der Waals surface area contributed by atoms with Crippen LogP contribution in [0.2, 0.25) is 0 Å². The summed E-state index contributed by atoms with van der Waals surface area (Å²) >= 11 is 1.66. The first-order valence-electron chi connectivity index (χ1n) is 6.50. The van der Waals surface area contributed by atoms with Crippen molar-refractivity contribution < 1.29 is 0 Å². The summed E-state index contributed by atoms with van der Waals surface area (Å²) in [5.74, 6) is 2.23. The van der Waals surface area contributed by atoms with E-state index in [2.05, 4.69) is 28.3 Å². The molecule has 0 radical (unpaired) electrons. The summed E-state index contributed by atoms with van der Waals surface area (Å²) in [6, 6.07) is 2.13. The van der Waals surface area contributed by atoms with Crippen molar-refractivity contribution in [3.05, 3.63) is 10.9 Å². The molecule has 2 aromatic rings. The number of hydrogen-bond acceptors (Lipinski definition) is 5. The van der Waals surface area contributed by atoms with Gasteiger partial charge in [0.2, 0.25) is 5.95 Å². The van der Waals surface area contributed by atoms with Gasteiger partial charge in [0.1, 0.15) is 10.6 Å². The van der Waals surface area contributed by atoms with E-state index in [9.17, 15) is 0 Å². The van der Waals surface area contributed by atoms with Crippen molar-refractivity contribution >= 4 is 33.3 Å². The Morgan fingerprint density at radius 1 is 1.44 bits per heavy atom. The molecule has 3 rings (SSSR count). The zero-order valence-corrected chi connectivity index (χ0v) is 11.4. The molecule has 0 spiro atoms. The zero-order valence-electron chi connectivity index (χ0n) is 10.6. The predicted molar refractivity (Wildman–Crippen MR) is 77.0 cm³/mol. The third-order valence-electron chi connectivity index (χ3n) is 3.31. The summed E-state index contributed by atoms with van der Waals surface area (Å²) in [6.07, 6.45) is 5.39.